The van der Waals surface area contributed by atoms with Crippen LogP contribution in [0, 0.1) is 0 Å². The lowest BCUT2D eigenvalue weighted by Gasteiger charge is -2.31. The van der Waals surface area contributed by atoms with E-state index in [2.05, 4.69) is 55.5 Å². The van der Waals surface area contributed by atoms with Crippen LogP contribution in [-0.2, 0) is 4.74 Å². The number of para-hydroxylation sites is 2. The van der Waals surface area contributed by atoms with Crippen molar-refractivity contribution in [2.45, 2.75) is 44.8 Å². The smallest absolute Gasteiger partial charge is 0.0596 e. The molecule has 0 amide bonds. The molecule has 0 bridgehead atoms. The predicted molar refractivity (Wildman–Crippen MR) is 82.1 cm³/mol. The number of hydrogen-bond donors (Lipinski definition) is 1. The number of anilines is 2. The van der Waals surface area contributed by atoms with E-state index < -0.39 is 0 Å². The summed E-state index contributed by atoms with van der Waals surface area (Å²) in [5.41, 5.74) is 2.48. The Labute approximate surface area is 116 Å². The highest BCUT2D eigenvalue weighted by Gasteiger charge is 2.22. The molecule has 0 saturated carbocycles. The third-order valence-electron chi connectivity index (χ3n) is 3.72. The Morgan fingerprint density at radius 2 is 2.11 bits per heavy atom. The first-order valence-electron chi connectivity index (χ1n) is 7.35. The van der Waals surface area contributed by atoms with Crippen molar-refractivity contribution in [3.8, 4) is 0 Å². The van der Waals surface area contributed by atoms with Crippen molar-refractivity contribution in [1.82, 2.24) is 0 Å². The van der Waals surface area contributed by atoms with E-state index in [1.54, 1.807) is 0 Å². The highest BCUT2D eigenvalue weighted by molar-refractivity contribution is 5.69. The third kappa shape index (κ3) is 3.87. The molecule has 0 aromatic heterocycles. The molecule has 1 heterocycles. The number of rotatable bonds is 5. The lowest BCUT2D eigenvalue weighted by atomic mass is 9.99. The van der Waals surface area contributed by atoms with Gasteiger partial charge in [0, 0.05) is 26.7 Å². The van der Waals surface area contributed by atoms with Crippen molar-refractivity contribution < 1.29 is 4.74 Å². The minimum absolute atomic E-state index is 0.433. The molecule has 3 heteroatoms. The van der Waals surface area contributed by atoms with Gasteiger partial charge in [0.15, 0.2) is 0 Å². The molecule has 3 nitrogen and oxygen atoms in total. The summed E-state index contributed by atoms with van der Waals surface area (Å²) in [6.45, 7) is 3.11. The Balaban J connectivity index is 2.00. The SMILES string of the molecule is CCCC1CC(Nc2ccccc2N(C)C)CCO1. The molecule has 1 aliphatic rings. The van der Waals surface area contributed by atoms with Crippen LogP contribution in [0.3, 0.4) is 0 Å². The van der Waals surface area contributed by atoms with Crippen molar-refractivity contribution >= 4 is 11.4 Å². The van der Waals surface area contributed by atoms with Gasteiger partial charge in [-0.1, -0.05) is 25.5 Å². The molecule has 2 unspecified atom stereocenters. The molecule has 106 valence electrons. The monoisotopic (exact) mass is 262 g/mol. The Hall–Kier alpha value is -1.22. The van der Waals surface area contributed by atoms with Crippen LogP contribution >= 0.6 is 0 Å². The largest absolute Gasteiger partial charge is 0.380 e. The normalized spacial score (nSPS) is 23.1. The van der Waals surface area contributed by atoms with Gasteiger partial charge < -0.3 is 15.0 Å². The first kappa shape index (κ1) is 14.2. The second-order valence-corrected chi connectivity index (χ2v) is 5.56. The minimum atomic E-state index is 0.433. The number of ether oxygens (including phenoxy) is 1. The maximum atomic E-state index is 5.81. The highest BCUT2D eigenvalue weighted by atomic mass is 16.5. The van der Waals surface area contributed by atoms with Gasteiger partial charge in [0.25, 0.3) is 0 Å². The molecule has 1 N–H and O–H groups in total. The maximum absolute atomic E-state index is 5.81. The van der Waals surface area contributed by atoms with Gasteiger partial charge in [-0.25, -0.2) is 0 Å². The molecular formula is C16H26N2O. The first-order chi connectivity index (χ1) is 9.20. The van der Waals surface area contributed by atoms with Crippen LogP contribution in [0.5, 0.6) is 0 Å². The predicted octanol–water partition coefficient (Wildman–Crippen LogP) is 3.51. The topological polar surface area (TPSA) is 24.5 Å². The van der Waals surface area contributed by atoms with Crippen LogP contribution in [0.2, 0.25) is 0 Å². The fourth-order valence-corrected chi connectivity index (χ4v) is 2.74. The van der Waals surface area contributed by atoms with E-state index in [0.717, 1.165) is 19.4 Å². The van der Waals surface area contributed by atoms with Crippen LogP contribution in [0.15, 0.2) is 24.3 Å². The van der Waals surface area contributed by atoms with E-state index in [1.807, 2.05) is 0 Å². The zero-order chi connectivity index (χ0) is 13.7. The van der Waals surface area contributed by atoms with Crippen LogP contribution in [0.1, 0.15) is 32.6 Å². The summed E-state index contributed by atoms with van der Waals surface area (Å²) in [5, 5.41) is 3.70. The van der Waals surface area contributed by atoms with Gasteiger partial charge in [-0.15, -0.1) is 0 Å². The average molecular weight is 262 g/mol. The lowest BCUT2D eigenvalue weighted by Crippen LogP contribution is -2.34. The van der Waals surface area contributed by atoms with Gasteiger partial charge in [-0.05, 0) is 31.4 Å². The molecule has 2 rings (SSSR count). The van der Waals surface area contributed by atoms with Gasteiger partial charge >= 0.3 is 0 Å². The van der Waals surface area contributed by atoms with Gasteiger partial charge in [0.1, 0.15) is 0 Å². The Morgan fingerprint density at radius 3 is 2.84 bits per heavy atom. The Kier molecular flexibility index (Phi) is 5.08. The quantitative estimate of drug-likeness (QED) is 0.879. The number of benzene rings is 1. The third-order valence-corrected chi connectivity index (χ3v) is 3.72. The van der Waals surface area contributed by atoms with E-state index in [4.69, 9.17) is 4.74 Å². The summed E-state index contributed by atoms with van der Waals surface area (Å²) >= 11 is 0. The van der Waals surface area contributed by atoms with Crippen LogP contribution in [0.25, 0.3) is 0 Å². The molecule has 2 atom stereocenters. The second kappa shape index (κ2) is 6.80. The Morgan fingerprint density at radius 1 is 1.32 bits per heavy atom. The summed E-state index contributed by atoms with van der Waals surface area (Å²) in [6.07, 6.45) is 5.03. The molecular weight excluding hydrogens is 236 g/mol. The molecule has 1 aromatic carbocycles. The van der Waals surface area contributed by atoms with Crippen molar-refractivity contribution in [3.63, 3.8) is 0 Å². The van der Waals surface area contributed by atoms with Crippen molar-refractivity contribution in [1.29, 1.82) is 0 Å². The zero-order valence-electron chi connectivity index (χ0n) is 12.4. The fourth-order valence-electron chi connectivity index (χ4n) is 2.74. The minimum Gasteiger partial charge on any atom is -0.380 e. The summed E-state index contributed by atoms with van der Waals surface area (Å²) in [7, 11) is 4.18. The molecule has 0 radical (unpaired) electrons. The van der Waals surface area contributed by atoms with E-state index >= 15 is 0 Å². The standard InChI is InChI=1S/C16H26N2O/c1-4-7-14-12-13(10-11-19-14)17-15-8-5-6-9-16(15)18(2)3/h5-6,8-9,13-14,17H,4,7,10-12H2,1-3H3. The van der Waals surface area contributed by atoms with E-state index in [0.29, 0.717) is 12.1 Å². The first-order valence-corrected chi connectivity index (χ1v) is 7.35. The van der Waals surface area contributed by atoms with Gasteiger partial charge in [-0.2, -0.15) is 0 Å². The van der Waals surface area contributed by atoms with Crippen molar-refractivity contribution in [2.75, 3.05) is 30.9 Å². The van der Waals surface area contributed by atoms with Gasteiger partial charge in [0.05, 0.1) is 17.5 Å². The average Bonchev–Trinajstić information content (AvgIpc) is 2.40. The lowest BCUT2D eigenvalue weighted by molar-refractivity contribution is 0.00598. The zero-order valence-corrected chi connectivity index (χ0v) is 12.4. The molecule has 1 saturated heterocycles. The van der Waals surface area contributed by atoms with Gasteiger partial charge in [0.2, 0.25) is 0 Å². The van der Waals surface area contributed by atoms with E-state index in [-0.39, 0.29) is 0 Å². The highest BCUT2D eigenvalue weighted by Crippen LogP contribution is 2.27. The summed E-state index contributed by atoms with van der Waals surface area (Å²) < 4.78 is 5.81. The summed E-state index contributed by atoms with van der Waals surface area (Å²) in [5.74, 6) is 0. The second-order valence-electron chi connectivity index (χ2n) is 5.56. The summed E-state index contributed by atoms with van der Waals surface area (Å²) in [6, 6.07) is 9.04. The van der Waals surface area contributed by atoms with Gasteiger partial charge in [-0.3, -0.25) is 0 Å². The van der Waals surface area contributed by atoms with Crippen LogP contribution in [0.4, 0.5) is 11.4 Å². The van der Waals surface area contributed by atoms with Crippen molar-refractivity contribution in [2.24, 2.45) is 0 Å². The fraction of sp³-hybridized carbons (Fsp3) is 0.625. The molecule has 1 aromatic rings. The van der Waals surface area contributed by atoms with Crippen molar-refractivity contribution in [3.05, 3.63) is 24.3 Å². The van der Waals surface area contributed by atoms with Crippen LogP contribution in [-0.4, -0.2) is 32.8 Å². The number of hydrogen-bond acceptors (Lipinski definition) is 3. The molecule has 0 spiro atoms. The molecule has 19 heavy (non-hydrogen) atoms. The van der Waals surface area contributed by atoms with E-state index in [1.165, 1.54) is 24.2 Å². The summed E-state index contributed by atoms with van der Waals surface area (Å²) in [4.78, 5) is 2.16. The number of nitrogens with one attached hydrogen (secondary N) is 1. The van der Waals surface area contributed by atoms with Crippen LogP contribution < -0.4 is 10.2 Å². The molecule has 1 aliphatic heterocycles. The maximum Gasteiger partial charge on any atom is 0.0596 e. The number of nitrogens with zero attached hydrogens (tertiary/aromatic N) is 1. The molecule has 1 fully saturated rings. The molecule has 0 aliphatic carbocycles. The Bertz CT molecular complexity index is 390. The van der Waals surface area contributed by atoms with E-state index in [9.17, 15) is 0 Å².